The molecule has 0 saturated carbocycles. The van der Waals surface area contributed by atoms with Crippen molar-refractivity contribution >= 4 is 11.3 Å². The van der Waals surface area contributed by atoms with Crippen molar-refractivity contribution in [3.8, 4) is 0 Å². The van der Waals surface area contributed by atoms with Crippen LogP contribution in [0.4, 0.5) is 0 Å². The van der Waals surface area contributed by atoms with Crippen LogP contribution in [0, 0.1) is 5.92 Å². The van der Waals surface area contributed by atoms with Crippen LogP contribution in [0.2, 0.25) is 0 Å². The quantitative estimate of drug-likeness (QED) is 0.878. The van der Waals surface area contributed by atoms with Crippen LogP contribution in [-0.2, 0) is 6.54 Å². The third-order valence-corrected chi connectivity index (χ3v) is 3.57. The molecule has 1 N–H and O–H groups in total. The van der Waals surface area contributed by atoms with Crippen molar-refractivity contribution < 1.29 is 0 Å². The molecule has 0 saturated heterocycles. The van der Waals surface area contributed by atoms with Gasteiger partial charge in [-0.3, -0.25) is 0 Å². The summed E-state index contributed by atoms with van der Waals surface area (Å²) in [4.78, 5) is 1.30. The van der Waals surface area contributed by atoms with Gasteiger partial charge in [-0.05, 0) is 34.8 Å². The van der Waals surface area contributed by atoms with Crippen molar-refractivity contribution in [2.24, 2.45) is 5.92 Å². The average Bonchev–Trinajstić information content (AvgIpc) is 2.92. The second kappa shape index (κ2) is 5.37. The Labute approximate surface area is 105 Å². The Morgan fingerprint density at radius 2 is 2.29 bits per heavy atom. The molecule has 0 radical (unpaired) electrons. The Kier molecular flexibility index (Phi) is 3.86. The van der Waals surface area contributed by atoms with E-state index in [1.54, 1.807) is 11.3 Å². The van der Waals surface area contributed by atoms with Crippen molar-refractivity contribution in [1.29, 1.82) is 0 Å². The van der Waals surface area contributed by atoms with E-state index in [0.717, 1.165) is 5.82 Å². The first-order valence-electron chi connectivity index (χ1n) is 5.68. The van der Waals surface area contributed by atoms with E-state index < -0.39 is 0 Å². The van der Waals surface area contributed by atoms with Gasteiger partial charge in [0.1, 0.15) is 0 Å². The van der Waals surface area contributed by atoms with Crippen LogP contribution in [0.5, 0.6) is 0 Å². The third-order valence-electron chi connectivity index (χ3n) is 2.63. The lowest BCUT2D eigenvalue weighted by Gasteiger charge is -2.20. The molecular weight excluding hydrogens is 234 g/mol. The molecular formula is C11H17N5S. The molecule has 6 heteroatoms. The predicted molar refractivity (Wildman–Crippen MR) is 67.9 cm³/mol. The molecule has 0 amide bonds. The van der Waals surface area contributed by atoms with Crippen molar-refractivity contribution in [2.45, 2.75) is 26.4 Å². The highest BCUT2D eigenvalue weighted by atomic mass is 32.1. The van der Waals surface area contributed by atoms with Gasteiger partial charge in [-0.25, -0.2) is 4.68 Å². The van der Waals surface area contributed by atoms with E-state index in [4.69, 9.17) is 0 Å². The fraction of sp³-hybridized carbons (Fsp3) is 0.545. The van der Waals surface area contributed by atoms with Crippen molar-refractivity contribution in [3.05, 3.63) is 28.2 Å². The van der Waals surface area contributed by atoms with E-state index in [1.165, 1.54) is 4.88 Å². The zero-order valence-corrected chi connectivity index (χ0v) is 11.1. The first-order chi connectivity index (χ1) is 8.24. The Morgan fingerprint density at radius 3 is 2.88 bits per heavy atom. The van der Waals surface area contributed by atoms with Gasteiger partial charge >= 0.3 is 0 Å². The number of tetrazole rings is 1. The van der Waals surface area contributed by atoms with Gasteiger partial charge < -0.3 is 5.32 Å². The maximum absolute atomic E-state index is 4.13. The number of hydrogen-bond donors (Lipinski definition) is 1. The van der Waals surface area contributed by atoms with Gasteiger partial charge in [0.05, 0.1) is 12.6 Å². The second-order valence-corrected chi connectivity index (χ2v) is 5.25. The summed E-state index contributed by atoms with van der Waals surface area (Å²) >= 11 is 1.75. The normalized spacial score (nSPS) is 13.2. The van der Waals surface area contributed by atoms with Crippen molar-refractivity contribution in [2.75, 3.05) is 7.05 Å². The first-order valence-corrected chi connectivity index (χ1v) is 6.56. The van der Waals surface area contributed by atoms with Gasteiger partial charge in [0.15, 0.2) is 5.82 Å². The van der Waals surface area contributed by atoms with Crippen molar-refractivity contribution in [3.63, 3.8) is 0 Å². The van der Waals surface area contributed by atoms with E-state index in [9.17, 15) is 0 Å². The number of nitrogens with one attached hydrogen (secondary N) is 1. The zero-order chi connectivity index (χ0) is 12.3. The summed E-state index contributed by atoms with van der Waals surface area (Å²) in [6.45, 7) is 5.06. The minimum Gasteiger partial charge on any atom is -0.313 e. The summed E-state index contributed by atoms with van der Waals surface area (Å²) in [6, 6.07) is 4.42. The molecule has 0 bridgehead atoms. The Balaban J connectivity index is 2.36. The second-order valence-electron chi connectivity index (χ2n) is 4.27. The minimum absolute atomic E-state index is 0.216. The molecule has 0 aliphatic carbocycles. The highest BCUT2D eigenvalue weighted by Gasteiger charge is 2.23. The molecule has 0 aromatic carbocycles. The average molecular weight is 251 g/mol. The Morgan fingerprint density at radius 1 is 1.47 bits per heavy atom. The smallest absolute Gasteiger partial charge is 0.165 e. The molecule has 0 fully saturated rings. The summed E-state index contributed by atoms with van der Waals surface area (Å²) in [5.74, 6) is 1.33. The number of nitrogens with zero attached hydrogens (tertiary/aromatic N) is 4. The first kappa shape index (κ1) is 12.2. The molecule has 2 aromatic heterocycles. The van der Waals surface area contributed by atoms with E-state index in [1.807, 2.05) is 11.7 Å². The van der Waals surface area contributed by atoms with Crippen LogP contribution in [0.25, 0.3) is 0 Å². The van der Waals surface area contributed by atoms with E-state index in [0.29, 0.717) is 12.5 Å². The highest BCUT2D eigenvalue weighted by Crippen LogP contribution is 2.29. The monoisotopic (exact) mass is 251 g/mol. The molecule has 2 heterocycles. The molecule has 1 atom stereocenters. The lowest BCUT2D eigenvalue weighted by molar-refractivity contribution is 0.386. The van der Waals surface area contributed by atoms with Gasteiger partial charge in [-0.1, -0.05) is 19.9 Å². The van der Waals surface area contributed by atoms with Crippen LogP contribution >= 0.6 is 11.3 Å². The van der Waals surface area contributed by atoms with Crippen molar-refractivity contribution in [1.82, 2.24) is 25.5 Å². The molecule has 0 spiro atoms. The molecule has 2 rings (SSSR count). The maximum atomic E-state index is 4.13. The van der Waals surface area contributed by atoms with E-state index >= 15 is 0 Å². The number of aromatic nitrogens is 4. The molecule has 2 aromatic rings. The summed E-state index contributed by atoms with van der Waals surface area (Å²) in [6.07, 6.45) is 0. The van der Waals surface area contributed by atoms with Crippen LogP contribution in [0.1, 0.15) is 30.6 Å². The van der Waals surface area contributed by atoms with E-state index in [-0.39, 0.29) is 6.04 Å². The van der Waals surface area contributed by atoms with Crippen LogP contribution in [-0.4, -0.2) is 27.3 Å². The van der Waals surface area contributed by atoms with Crippen LogP contribution < -0.4 is 5.32 Å². The van der Waals surface area contributed by atoms with E-state index in [2.05, 4.69) is 52.2 Å². The van der Waals surface area contributed by atoms with Gasteiger partial charge in [-0.2, -0.15) is 0 Å². The maximum Gasteiger partial charge on any atom is 0.165 e. The topological polar surface area (TPSA) is 55.6 Å². The molecule has 92 valence electrons. The van der Waals surface area contributed by atoms with Gasteiger partial charge in [0.25, 0.3) is 0 Å². The fourth-order valence-electron chi connectivity index (χ4n) is 1.89. The summed E-state index contributed by atoms with van der Waals surface area (Å²) in [7, 11) is 1.90. The molecule has 1 unspecified atom stereocenters. The van der Waals surface area contributed by atoms with Crippen LogP contribution in [0.3, 0.4) is 0 Å². The molecule has 17 heavy (non-hydrogen) atoms. The minimum atomic E-state index is 0.216. The highest BCUT2D eigenvalue weighted by molar-refractivity contribution is 7.10. The number of thiophene rings is 1. The summed E-state index contributed by atoms with van der Waals surface area (Å²) in [5, 5.41) is 17.2. The largest absolute Gasteiger partial charge is 0.313 e. The standard InChI is InChI=1S/C11H17N5S/c1-8(2)11(9-5-4-6-17-9)16-10(7-12-3)13-14-15-16/h4-6,8,11-12H,7H2,1-3H3. The van der Waals surface area contributed by atoms with Crippen LogP contribution in [0.15, 0.2) is 17.5 Å². The Hall–Kier alpha value is -1.27. The molecule has 0 aliphatic heterocycles. The summed E-state index contributed by atoms with van der Waals surface area (Å²) < 4.78 is 1.92. The Bertz CT molecular complexity index is 448. The SMILES string of the molecule is CNCc1nnnn1C(c1cccs1)C(C)C. The predicted octanol–water partition coefficient (Wildman–Crippen LogP) is 1.70. The van der Waals surface area contributed by atoms with Gasteiger partial charge in [-0.15, -0.1) is 16.4 Å². The van der Waals surface area contributed by atoms with Gasteiger partial charge in [0.2, 0.25) is 0 Å². The van der Waals surface area contributed by atoms with Gasteiger partial charge in [0, 0.05) is 4.88 Å². The lowest BCUT2D eigenvalue weighted by Crippen LogP contribution is -2.22. The third kappa shape index (κ3) is 2.53. The number of hydrogen-bond acceptors (Lipinski definition) is 5. The lowest BCUT2D eigenvalue weighted by atomic mass is 10.0. The zero-order valence-electron chi connectivity index (χ0n) is 10.3. The molecule has 5 nitrogen and oxygen atoms in total. The fourth-order valence-corrected chi connectivity index (χ4v) is 2.88. The number of rotatable bonds is 5. The summed E-state index contributed by atoms with van der Waals surface area (Å²) in [5.41, 5.74) is 0. The molecule has 0 aliphatic rings.